The van der Waals surface area contributed by atoms with Crippen LogP contribution in [-0.4, -0.2) is 48.2 Å². The normalized spacial score (nSPS) is 27.9. The zero-order chi connectivity index (χ0) is 12.5. The molecule has 1 heterocycles. The minimum Gasteiger partial charge on any atom is -0.409 e. The number of rotatable bonds is 3. The number of nitrogens with two attached hydrogens (primary N) is 1. The molecule has 17 heavy (non-hydrogen) atoms. The summed E-state index contributed by atoms with van der Waals surface area (Å²) in [6, 6.07) is 0. The molecule has 1 amide bonds. The molecule has 0 aromatic rings. The minimum atomic E-state index is -0.753. The Hall–Kier alpha value is -1.30. The van der Waals surface area contributed by atoms with Gasteiger partial charge in [0, 0.05) is 20.2 Å². The number of carbonyl (C=O) groups excluding carboxylic acids is 1. The van der Waals surface area contributed by atoms with Crippen molar-refractivity contribution in [2.75, 3.05) is 20.2 Å². The van der Waals surface area contributed by atoms with Crippen molar-refractivity contribution in [3.8, 4) is 0 Å². The number of hydrogen-bond acceptors (Lipinski definition) is 4. The van der Waals surface area contributed by atoms with Gasteiger partial charge >= 0.3 is 0 Å². The molecule has 0 aromatic carbocycles. The van der Waals surface area contributed by atoms with Gasteiger partial charge in [-0.15, -0.1) is 0 Å². The van der Waals surface area contributed by atoms with Crippen molar-refractivity contribution >= 4 is 11.7 Å². The number of nitrogens with zero attached hydrogens (tertiary/aromatic N) is 2. The van der Waals surface area contributed by atoms with Crippen LogP contribution in [0.5, 0.6) is 0 Å². The molecule has 0 bridgehead atoms. The Kier molecular flexibility index (Phi) is 3.24. The van der Waals surface area contributed by atoms with Crippen molar-refractivity contribution in [2.24, 2.45) is 16.3 Å². The monoisotopic (exact) mass is 241 g/mol. The molecule has 0 spiro atoms. The van der Waals surface area contributed by atoms with E-state index in [-0.39, 0.29) is 17.8 Å². The van der Waals surface area contributed by atoms with E-state index in [2.05, 4.69) is 5.16 Å². The van der Waals surface area contributed by atoms with Crippen LogP contribution in [0, 0.1) is 5.41 Å². The molecule has 0 radical (unpaired) electrons. The summed E-state index contributed by atoms with van der Waals surface area (Å²) in [7, 11) is 1.65. The smallest absolute Gasteiger partial charge is 0.236 e. The number of ether oxygens (including phenoxy) is 1. The van der Waals surface area contributed by atoms with Gasteiger partial charge in [0.05, 0.1) is 6.10 Å². The van der Waals surface area contributed by atoms with Gasteiger partial charge in [-0.05, 0) is 19.3 Å². The number of carbonyl (C=O) groups is 1. The van der Waals surface area contributed by atoms with Gasteiger partial charge in [-0.1, -0.05) is 11.6 Å². The van der Waals surface area contributed by atoms with Gasteiger partial charge in [0.25, 0.3) is 0 Å². The van der Waals surface area contributed by atoms with Crippen LogP contribution < -0.4 is 5.73 Å². The Labute approximate surface area is 100 Å². The van der Waals surface area contributed by atoms with Crippen LogP contribution in [-0.2, 0) is 9.53 Å². The first kappa shape index (κ1) is 12.2. The van der Waals surface area contributed by atoms with E-state index in [4.69, 9.17) is 15.7 Å². The topological polar surface area (TPSA) is 88.2 Å². The van der Waals surface area contributed by atoms with Gasteiger partial charge < -0.3 is 20.6 Å². The van der Waals surface area contributed by atoms with Gasteiger partial charge in [0.2, 0.25) is 5.91 Å². The molecule has 2 rings (SSSR count). The second kappa shape index (κ2) is 4.52. The molecular formula is C11H19N3O3. The molecule has 2 aliphatic rings. The molecule has 3 N–H and O–H groups in total. The van der Waals surface area contributed by atoms with Gasteiger partial charge in [-0.3, -0.25) is 4.79 Å². The molecular weight excluding hydrogens is 222 g/mol. The predicted octanol–water partition coefficient (Wildman–Crippen LogP) is 0.150. The van der Waals surface area contributed by atoms with Crippen LogP contribution in [0.4, 0.5) is 0 Å². The fraction of sp³-hybridized carbons (Fsp3) is 0.818. The maximum Gasteiger partial charge on any atom is 0.236 e. The zero-order valence-corrected chi connectivity index (χ0v) is 10.1. The number of oxime groups is 1. The first-order valence-corrected chi connectivity index (χ1v) is 5.94. The van der Waals surface area contributed by atoms with Crippen LogP contribution in [0.25, 0.3) is 0 Å². The summed E-state index contributed by atoms with van der Waals surface area (Å²) in [6.07, 6.45) is 3.27. The Balaban J connectivity index is 2.09. The third-order valence-electron chi connectivity index (χ3n) is 3.98. The second-order valence-corrected chi connectivity index (χ2v) is 4.82. The van der Waals surface area contributed by atoms with E-state index in [0.29, 0.717) is 25.9 Å². The standard InChI is InChI=1S/C11H19N3O3/c1-17-8-3-6-14(7-8)10(15)11(4-2-5-11)9(12)13-16/h8,16H,2-7H2,1H3,(H2,12,13). The fourth-order valence-electron chi connectivity index (χ4n) is 2.61. The average Bonchev–Trinajstić information content (AvgIpc) is 2.75. The highest BCUT2D eigenvalue weighted by Crippen LogP contribution is 2.43. The van der Waals surface area contributed by atoms with Crippen LogP contribution in [0.2, 0.25) is 0 Å². The molecule has 96 valence electrons. The molecule has 0 aromatic heterocycles. The molecule has 1 aliphatic heterocycles. The Morgan fingerprint density at radius 2 is 2.29 bits per heavy atom. The predicted molar refractivity (Wildman–Crippen MR) is 61.7 cm³/mol. The van der Waals surface area contributed by atoms with Gasteiger partial charge in [-0.2, -0.15) is 0 Å². The van der Waals surface area contributed by atoms with Crippen molar-refractivity contribution in [1.82, 2.24) is 4.90 Å². The largest absolute Gasteiger partial charge is 0.409 e. The van der Waals surface area contributed by atoms with Crippen molar-refractivity contribution in [3.05, 3.63) is 0 Å². The zero-order valence-electron chi connectivity index (χ0n) is 10.1. The lowest BCUT2D eigenvalue weighted by Crippen LogP contribution is -2.54. The summed E-state index contributed by atoms with van der Waals surface area (Å²) in [5, 5.41) is 11.8. The minimum absolute atomic E-state index is 0.0152. The molecule has 6 heteroatoms. The van der Waals surface area contributed by atoms with Crippen LogP contribution >= 0.6 is 0 Å². The van der Waals surface area contributed by atoms with Gasteiger partial charge in [0.1, 0.15) is 5.41 Å². The molecule has 2 fully saturated rings. The Morgan fingerprint density at radius 3 is 2.71 bits per heavy atom. The lowest BCUT2D eigenvalue weighted by atomic mass is 9.67. The first-order valence-electron chi connectivity index (χ1n) is 5.94. The van der Waals surface area contributed by atoms with E-state index < -0.39 is 5.41 Å². The van der Waals surface area contributed by atoms with Crippen LogP contribution in [0.3, 0.4) is 0 Å². The number of likely N-dealkylation sites (tertiary alicyclic amines) is 1. The van der Waals surface area contributed by atoms with Gasteiger partial charge in [0.15, 0.2) is 5.84 Å². The highest BCUT2D eigenvalue weighted by Gasteiger charge is 2.51. The van der Waals surface area contributed by atoms with E-state index in [1.807, 2.05) is 0 Å². The second-order valence-electron chi connectivity index (χ2n) is 4.82. The summed E-state index contributed by atoms with van der Waals surface area (Å²) in [6.45, 7) is 1.30. The number of hydrogen-bond donors (Lipinski definition) is 2. The quantitative estimate of drug-likeness (QED) is 0.318. The fourth-order valence-corrected chi connectivity index (χ4v) is 2.61. The van der Waals surface area contributed by atoms with E-state index >= 15 is 0 Å². The lowest BCUT2D eigenvalue weighted by molar-refractivity contribution is -0.141. The molecule has 1 atom stereocenters. The lowest BCUT2D eigenvalue weighted by Gasteiger charge is -2.41. The van der Waals surface area contributed by atoms with E-state index in [9.17, 15) is 4.79 Å². The van der Waals surface area contributed by atoms with Crippen LogP contribution in [0.1, 0.15) is 25.7 Å². The van der Waals surface area contributed by atoms with Crippen molar-refractivity contribution in [3.63, 3.8) is 0 Å². The summed E-state index contributed by atoms with van der Waals surface area (Å²) in [5.74, 6) is 0.0354. The molecule has 6 nitrogen and oxygen atoms in total. The average molecular weight is 241 g/mol. The third-order valence-corrected chi connectivity index (χ3v) is 3.98. The highest BCUT2D eigenvalue weighted by molar-refractivity contribution is 6.07. The summed E-state index contributed by atoms with van der Waals surface area (Å²) >= 11 is 0. The van der Waals surface area contributed by atoms with Gasteiger partial charge in [-0.25, -0.2) is 0 Å². The van der Waals surface area contributed by atoms with E-state index in [0.717, 1.165) is 12.8 Å². The van der Waals surface area contributed by atoms with Crippen molar-refractivity contribution < 1.29 is 14.7 Å². The number of methoxy groups -OCH3 is 1. The summed E-state index contributed by atoms with van der Waals surface area (Å²) in [4.78, 5) is 14.2. The third kappa shape index (κ3) is 1.86. The van der Waals surface area contributed by atoms with Crippen molar-refractivity contribution in [2.45, 2.75) is 31.8 Å². The number of amidine groups is 1. The maximum absolute atomic E-state index is 12.4. The molecule has 1 unspecified atom stereocenters. The van der Waals surface area contributed by atoms with Crippen molar-refractivity contribution in [1.29, 1.82) is 0 Å². The number of amides is 1. The summed E-state index contributed by atoms with van der Waals surface area (Å²) in [5.41, 5.74) is 4.92. The van der Waals surface area contributed by atoms with E-state index in [1.165, 1.54) is 0 Å². The Morgan fingerprint density at radius 1 is 1.59 bits per heavy atom. The maximum atomic E-state index is 12.4. The SMILES string of the molecule is COC1CCN(C(=O)C2(C(N)=NO)CCC2)C1. The van der Waals surface area contributed by atoms with Crippen LogP contribution in [0.15, 0.2) is 5.16 Å². The Bertz CT molecular complexity index is 339. The first-order chi connectivity index (χ1) is 8.14. The molecule has 1 saturated heterocycles. The molecule has 1 aliphatic carbocycles. The summed E-state index contributed by atoms with van der Waals surface area (Å²) < 4.78 is 5.24. The highest BCUT2D eigenvalue weighted by atomic mass is 16.5. The molecule has 1 saturated carbocycles. The van der Waals surface area contributed by atoms with E-state index in [1.54, 1.807) is 12.0 Å².